The van der Waals surface area contributed by atoms with E-state index in [0.29, 0.717) is 18.2 Å². The molecule has 2 aromatic rings. The molecule has 1 amide bonds. The van der Waals surface area contributed by atoms with Gasteiger partial charge in [0.25, 0.3) is 5.91 Å². The lowest BCUT2D eigenvalue weighted by atomic mass is 9.97. The van der Waals surface area contributed by atoms with Crippen molar-refractivity contribution in [3.05, 3.63) is 71.4 Å². The molecule has 1 aliphatic carbocycles. The molecule has 2 heterocycles. The zero-order chi connectivity index (χ0) is 19.9. The smallest absolute Gasteiger partial charge is 0.252 e. The Morgan fingerprint density at radius 1 is 1.17 bits per heavy atom. The summed E-state index contributed by atoms with van der Waals surface area (Å²) < 4.78 is 0. The first-order valence-corrected chi connectivity index (χ1v) is 10.7. The van der Waals surface area contributed by atoms with Gasteiger partial charge in [0.05, 0.1) is 5.56 Å². The van der Waals surface area contributed by atoms with Gasteiger partial charge in [-0.1, -0.05) is 42.0 Å². The normalized spacial score (nSPS) is 19.5. The Morgan fingerprint density at radius 2 is 2.07 bits per heavy atom. The van der Waals surface area contributed by atoms with Crippen LogP contribution in [0.1, 0.15) is 54.1 Å². The second-order valence-corrected chi connectivity index (χ2v) is 7.88. The third-order valence-corrected chi connectivity index (χ3v) is 5.83. The summed E-state index contributed by atoms with van der Waals surface area (Å²) in [5, 5.41) is 6.61. The van der Waals surface area contributed by atoms with Crippen LogP contribution in [0.5, 0.6) is 0 Å². The van der Waals surface area contributed by atoms with Crippen LogP contribution in [0.15, 0.2) is 60.3 Å². The zero-order valence-corrected chi connectivity index (χ0v) is 16.9. The van der Waals surface area contributed by atoms with Gasteiger partial charge in [-0.25, -0.2) is 4.98 Å². The Kier molecular flexibility index (Phi) is 6.57. The van der Waals surface area contributed by atoms with Gasteiger partial charge in [-0.3, -0.25) is 4.79 Å². The Balaban J connectivity index is 1.31. The third kappa shape index (κ3) is 5.24. The highest BCUT2D eigenvalue weighted by atomic mass is 16.1. The molecule has 1 atom stereocenters. The highest BCUT2D eigenvalue weighted by molar-refractivity contribution is 5.94. The Bertz CT molecular complexity index is 832. The standard InChI is InChI=1S/C24H30N4O/c29-24(26-14-13-19-7-3-1-4-8-19)21-11-12-23(27-17-21)28-16-15-25-22(18-28)20-9-5-2-6-10-20/h2,5-7,9-12,17,22,25H,1,3-4,8,13-16,18H2,(H,26,29)/t22-/m0/s1. The number of allylic oxidation sites excluding steroid dienone is 1. The minimum atomic E-state index is -0.0390. The Labute approximate surface area is 173 Å². The number of hydrogen-bond acceptors (Lipinski definition) is 4. The van der Waals surface area contributed by atoms with Crippen LogP contribution < -0.4 is 15.5 Å². The van der Waals surface area contributed by atoms with Crippen LogP contribution in [0.2, 0.25) is 0 Å². The molecule has 1 aromatic heterocycles. The van der Waals surface area contributed by atoms with Crippen molar-refractivity contribution in [3.63, 3.8) is 0 Å². The number of nitrogens with zero attached hydrogens (tertiary/aromatic N) is 2. The predicted molar refractivity (Wildman–Crippen MR) is 117 cm³/mol. The summed E-state index contributed by atoms with van der Waals surface area (Å²) in [5.74, 6) is 0.888. The van der Waals surface area contributed by atoms with Crippen molar-refractivity contribution in [3.8, 4) is 0 Å². The van der Waals surface area contributed by atoms with Gasteiger partial charge in [-0.15, -0.1) is 0 Å². The molecule has 0 spiro atoms. The van der Waals surface area contributed by atoms with Crippen LogP contribution in [0.25, 0.3) is 0 Å². The molecule has 4 rings (SSSR count). The minimum absolute atomic E-state index is 0.0390. The molecule has 0 radical (unpaired) electrons. The summed E-state index contributed by atoms with van der Waals surface area (Å²) in [6.07, 6.45) is 9.94. The van der Waals surface area contributed by atoms with Crippen LogP contribution in [0.3, 0.4) is 0 Å². The first-order valence-electron chi connectivity index (χ1n) is 10.7. The van der Waals surface area contributed by atoms with Crippen LogP contribution in [-0.4, -0.2) is 37.1 Å². The summed E-state index contributed by atoms with van der Waals surface area (Å²) >= 11 is 0. The maximum absolute atomic E-state index is 12.4. The number of aromatic nitrogens is 1. The quantitative estimate of drug-likeness (QED) is 0.736. The van der Waals surface area contributed by atoms with E-state index in [0.717, 1.165) is 31.9 Å². The highest BCUT2D eigenvalue weighted by Crippen LogP contribution is 2.21. The van der Waals surface area contributed by atoms with E-state index in [1.165, 1.54) is 36.8 Å². The van der Waals surface area contributed by atoms with Gasteiger partial charge >= 0.3 is 0 Å². The first kappa shape index (κ1) is 19.6. The van der Waals surface area contributed by atoms with Crippen LogP contribution in [0.4, 0.5) is 5.82 Å². The molecule has 1 fully saturated rings. The molecule has 0 saturated carbocycles. The molecule has 0 bridgehead atoms. The topological polar surface area (TPSA) is 57.3 Å². The maximum atomic E-state index is 12.4. The fraction of sp³-hybridized carbons (Fsp3) is 0.417. The molecule has 2 N–H and O–H groups in total. The third-order valence-electron chi connectivity index (χ3n) is 5.83. The van der Waals surface area contributed by atoms with Crippen molar-refractivity contribution < 1.29 is 4.79 Å². The average molecular weight is 391 g/mol. The fourth-order valence-electron chi connectivity index (χ4n) is 4.14. The number of carbonyl (C=O) groups excluding carboxylic acids is 1. The number of anilines is 1. The lowest BCUT2D eigenvalue weighted by Gasteiger charge is -2.34. The molecular weight excluding hydrogens is 360 g/mol. The van der Waals surface area contributed by atoms with E-state index in [2.05, 4.69) is 50.9 Å². The van der Waals surface area contributed by atoms with Crippen LogP contribution in [0, 0.1) is 0 Å². The van der Waals surface area contributed by atoms with Crippen molar-refractivity contribution >= 4 is 11.7 Å². The van der Waals surface area contributed by atoms with Gasteiger partial charge in [0.2, 0.25) is 0 Å². The average Bonchev–Trinajstić information content (AvgIpc) is 2.80. The zero-order valence-electron chi connectivity index (χ0n) is 16.9. The molecule has 1 aromatic carbocycles. The summed E-state index contributed by atoms with van der Waals surface area (Å²) in [4.78, 5) is 19.3. The molecule has 5 nitrogen and oxygen atoms in total. The van der Waals surface area contributed by atoms with Crippen molar-refractivity contribution in [2.75, 3.05) is 31.1 Å². The molecular formula is C24H30N4O. The second kappa shape index (κ2) is 9.70. The molecule has 29 heavy (non-hydrogen) atoms. The van der Waals surface area contributed by atoms with E-state index in [1.54, 1.807) is 6.20 Å². The molecule has 2 aliphatic rings. The number of piperazine rings is 1. The SMILES string of the molecule is O=C(NCCC1=CCCCC1)c1ccc(N2CCN[C@H](c3ccccc3)C2)nc1. The number of amides is 1. The number of pyridine rings is 1. The van der Waals surface area contributed by atoms with Crippen molar-refractivity contribution in [2.24, 2.45) is 0 Å². The molecule has 1 saturated heterocycles. The van der Waals surface area contributed by atoms with Crippen molar-refractivity contribution in [2.45, 2.75) is 38.1 Å². The summed E-state index contributed by atoms with van der Waals surface area (Å²) in [5.41, 5.74) is 3.40. The Morgan fingerprint density at radius 3 is 2.83 bits per heavy atom. The largest absolute Gasteiger partial charge is 0.353 e. The van der Waals surface area contributed by atoms with E-state index >= 15 is 0 Å². The number of nitrogens with one attached hydrogen (secondary N) is 2. The van der Waals surface area contributed by atoms with Gasteiger partial charge in [0.1, 0.15) is 5.82 Å². The van der Waals surface area contributed by atoms with E-state index in [4.69, 9.17) is 0 Å². The van der Waals surface area contributed by atoms with E-state index in [-0.39, 0.29) is 5.91 Å². The Hall–Kier alpha value is -2.66. The number of benzene rings is 1. The summed E-state index contributed by atoms with van der Waals surface area (Å²) in [6, 6.07) is 14.7. The van der Waals surface area contributed by atoms with Gasteiger partial charge in [-0.2, -0.15) is 0 Å². The molecule has 1 aliphatic heterocycles. The van der Waals surface area contributed by atoms with Gasteiger partial charge < -0.3 is 15.5 Å². The van der Waals surface area contributed by atoms with Crippen molar-refractivity contribution in [1.29, 1.82) is 0 Å². The van der Waals surface area contributed by atoms with E-state index in [1.807, 2.05) is 18.2 Å². The first-order chi connectivity index (χ1) is 14.3. The van der Waals surface area contributed by atoms with Crippen molar-refractivity contribution in [1.82, 2.24) is 15.6 Å². The highest BCUT2D eigenvalue weighted by Gasteiger charge is 2.21. The van der Waals surface area contributed by atoms with Gasteiger partial charge in [-0.05, 0) is 49.8 Å². The molecule has 152 valence electrons. The number of carbonyl (C=O) groups is 1. The minimum Gasteiger partial charge on any atom is -0.353 e. The van der Waals surface area contributed by atoms with Gasteiger partial charge in [0.15, 0.2) is 0 Å². The lowest BCUT2D eigenvalue weighted by molar-refractivity contribution is 0.0953. The van der Waals surface area contributed by atoms with E-state index < -0.39 is 0 Å². The number of hydrogen-bond donors (Lipinski definition) is 2. The fourth-order valence-corrected chi connectivity index (χ4v) is 4.14. The second-order valence-electron chi connectivity index (χ2n) is 7.88. The van der Waals surface area contributed by atoms with Gasteiger partial charge in [0, 0.05) is 38.4 Å². The monoisotopic (exact) mass is 390 g/mol. The van der Waals surface area contributed by atoms with E-state index in [9.17, 15) is 4.79 Å². The predicted octanol–water partition coefficient (Wildman–Crippen LogP) is 3.85. The molecule has 5 heteroatoms. The molecule has 0 unspecified atom stereocenters. The lowest BCUT2D eigenvalue weighted by Crippen LogP contribution is -2.46. The van der Waals surface area contributed by atoms with Crippen LogP contribution in [-0.2, 0) is 0 Å². The summed E-state index contributed by atoms with van der Waals surface area (Å²) in [7, 11) is 0. The number of rotatable bonds is 6. The summed E-state index contributed by atoms with van der Waals surface area (Å²) in [6.45, 7) is 3.40. The van der Waals surface area contributed by atoms with Crippen LogP contribution >= 0.6 is 0 Å². The maximum Gasteiger partial charge on any atom is 0.252 e.